The van der Waals surface area contributed by atoms with E-state index in [0.717, 1.165) is 42.0 Å². The minimum atomic E-state index is -0.0138. The molecule has 2 aromatic heterocycles. The van der Waals surface area contributed by atoms with E-state index < -0.39 is 0 Å². The van der Waals surface area contributed by atoms with Gasteiger partial charge in [-0.2, -0.15) is 0 Å². The van der Waals surface area contributed by atoms with Gasteiger partial charge in [-0.05, 0) is 26.5 Å². The maximum absolute atomic E-state index is 12.1. The van der Waals surface area contributed by atoms with Crippen LogP contribution >= 0.6 is 11.3 Å². The Kier molecular flexibility index (Phi) is 3.06. The molecule has 0 bridgehead atoms. The van der Waals surface area contributed by atoms with Crippen molar-refractivity contribution in [3.05, 3.63) is 20.8 Å². The number of hydrogen-bond acceptors (Lipinski definition) is 5. The van der Waals surface area contributed by atoms with Crippen molar-refractivity contribution in [2.45, 2.75) is 13.8 Å². The highest BCUT2D eigenvalue weighted by Gasteiger charge is 2.18. The lowest BCUT2D eigenvalue weighted by Crippen LogP contribution is -2.45. The van der Waals surface area contributed by atoms with Gasteiger partial charge in [-0.1, -0.05) is 0 Å². The summed E-state index contributed by atoms with van der Waals surface area (Å²) in [5.41, 5.74) is 1.97. The second kappa shape index (κ2) is 4.61. The van der Waals surface area contributed by atoms with Crippen LogP contribution in [0.15, 0.2) is 4.79 Å². The zero-order valence-electron chi connectivity index (χ0n) is 11.5. The van der Waals surface area contributed by atoms with Gasteiger partial charge in [0.1, 0.15) is 4.70 Å². The number of aromatic nitrogens is 2. The van der Waals surface area contributed by atoms with Crippen molar-refractivity contribution >= 4 is 27.5 Å². The maximum atomic E-state index is 12.1. The second-order valence-electron chi connectivity index (χ2n) is 5.14. The summed E-state index contributed by atoms with van der Waals surface area (Å²) >= 11 is 1.53. The number of piperazine rings is 1. The van der Waals surface area contributed by atoms with Gasteiger partial charge < -0.3 is 9.80 Å². The zero-order valence-corrected chi connectivity index (χ0v) is 12.3. The summed E-state index contributed by atoms with van der Waals surface area (Å²) in [6.45, 7) is 7.90. The fraction of sp³-hybridized carbons (Fsp3) is 0.538. The fourth-order valence-electron chi connectivity index (χ4n) is 2.36. The molecule has 5 nitrogen and oxygen atoms in total. The van der Waals surface area contributed by atoms with Crippen molar-refractivity contribution in [2.75, 3.05) is 38.1 Å². The molecule has 1 fully saturated rings. The van der Waals surface area contributed by atoms with Crippen molar-refractivity contribution in [1.82, 2.24) is 14.9 Å². The van der Waals surface area contributed by atoms with Gasteiger partial charge in [-0.15, -0.1) is 11.3 Å². The third kappa shape index (κ3) is 2.15. The molecule has 0 radical (unpaired) electrons. The van der Waals surface area contributed by atoms with E-state index in [1.807, 2.05) is 13.8 Å². The Balaban J connectivity index is 2.05. The fourth-order valence-corrected chi connectivity index (χ4v) is 3.36. The number of nitrogens with one attached hydrogen (secondary N) is 1. The van der Waals surface area contributed by atoms with E-state index in [0.29, 0.717) is 5.95 Å². The first kappa shape index (κ1) is 12.6. The lowest BCUT2D eigenvalue weighted by Gasteiger charge is -2.32. The van der Waals surface area contributed by atoms with E-state index in [1.54, 1.807) is 0 Å². The smallest absolute Gasteiger partial charge is 0.270 e. The van der Waals surface area contributed by atoms with E-state index in [9.17, 15) is 4.79 Å². The van der Waals surface area contributed by atoms with Gasteiger partial charge in [0, 0.05) is 31.1 Å². The Morgan fingerprint density at radius 3 is 2.58 bits per heavy atom. The molecule has 0 unspecified atom stereocenters. The number of thiophene rings is 1. The Bertz CT molecular complexity index is 667. The summed E-state index contributed by atoms with van der Waals surface area (Å²) in [6.07, 6.45) is 0. The normalized spacial score (nSPS) is 17.3. The number of aromatic amines is 1. The SMILES string of the molecule is Cc1sc2c(=O)[nH]c(N3CCN(C)CC3)nc2c1C. The summed E-state index contributed by atoms with van der Waals surface area (Å²) in [5.74, 6) is 0.714. The largest absolute Gasteiger partial charge is 0.340 e. The molecule has 6 heteroatoms. The number of nitrogens with zero attached hydrogens (tertiary/aromatic N) is 3. The number of H-pyrrole nitrogens is 1. The minimum Gasteiger partial charge on any atom is -0.340 e. The van der Waals surface area contributed by atoms with Crippen molar-refractivity contribution in [2.24, 2.45) is 0 Å². The first-order valence-corrected chi connectivity index (χ1v) is 7.31. The quantitative estimate of drug-likeness (QED) is 0.855. The van der Waals surface area contributed by atoms with Crippen LogP contribution in [0.5, 0.6) is 0 Å². The van der Waals surface area contributed by atoms with Gasteiger partial charge >= 0.3 is 0 Å². The molecule has 0 saturated carbocycles. The summed E-state index contributed by atoms with van der Waals surface area (Å²) in [7, 11) is 2.11. The first-order valence-electron chi connectivity index (χ1n) is 6.50. The van der Waals surface area contributed by atoms with Crippen molar-refractivity contribution in [3.8, 4) is 0 Å². The van der Waals surface area contributed by atoms with Crippen LogP contribution in [0.3, 0.4) is 0 Å². The van der Waals surface area contributed by atoms with Crippen molar-refractivity contribution < 1.29 is 0 Å². The van der Waals surface area contributed by atoms with Gasteiger partial charge in [-0.25, -0.2) is 4.98 Å². The van der Waals surface area contributed by atoms with E-state index >= 15 is 0 Å². The summed E-state index contributed by atoms with van der Waals surface area (Å²) in [5, 5.41) is 0. The average molecular weight is 278 g/mol. The molecule has 1 N–H and O–H groups in total. The van der Waals surface area contributed by atoms with Crippen LogP contribution in [0.4, 0.5) is 5.95 Å². The molecule has 2 aromatic rings. The highest BCUT2D eigenvalue weighted by atomic mass is 32.1. The monoisotopic (exact) mass is 278 g/mol. The van der Waals surface area contributed by atoms with Gasteiger partial charge in [0.25, 0.3) is 5.56 Å². The van der Waals surface area contributed by atoms with Crippen LogP contribution in [0.25, 0.3) is 10.2 Å². The number of rotatable bonds is 1. The summed E-state index contributed by atoms with van der Waals surface area (Å²) < 4.78 is 0.743. The Hall–Kier alpha value is -1.40. The van der Waals surface area contributed by atoms with Gasteiger partial charge in [-0.3, -0.25) is 9.78 Å². The highest BCUT2D eigenvalue weighted by Crippen LogP contribution is 2.26. The number of likely N-dealkylation sites (N-methyl/N-ethyl adjacent to an activating group) is 1. The molecular weight excluding hydrogens is 260 g/mol. The number of aryl methyl sites for hydroxylation is 2. The van der Waals surface area contributed by atoms with Crippen LogP contribution in [-0.2, 0) is 0 Å². The molecule has 0 amide bonds. The molecule has 1 aliphatic rings. The Morgan fingerprint density at radius 2 is 1.89 bits per heavy atom. The molecule has 0 spiro atoms. The predicted octanol–water partition coefficient (Wildman–Crippen LogP) is 1.35. The number of fused-ring (bicyclic) bond motifs is 1. The van der Waals surface area contributed by atoms with E-state index in [1.165, 1.54) is 16.2 Å². The molecule has 3 rings (SSSR count). The Labute approximate surface area is 115 Å². The van der Waals surface area contributed by atoms with E-state index in [4.69, 9.17) is 0 Å². The zero-order chi connectivity index (χ0) is 13.6. The minimum absolute atomic E-state index is 0.0138. The van der Waals surface area contributed by atoms with Crippen molar-refractivity contribution in [3.63, 3.8) is 0 Å². The van der Waals surface area contributed by atoms with Crippen LogP contribution in [0.2, 0.25) is 0 Å². The summed E-state index contributed by atoms with van der Waals surface area (Å²) in [6, 6.07) is 0. The van der Waals surface area contributed by atoms with Crippen LogP contribution < -0.4 is 10.5 Å². The predicted molar refractivity (Wildman–Crippen MR) is 79.4 cm³/mol. The molecule has 3 heterocycles. The molecule has 0 aliphatic carbocycles. The first-order chi connectivity index (χ1) is 9.06. The molecular formula is C13H18N4OS. The molecule has 1 saturated heterocycles. The number of anilines is 1. The Morgan fingerprint density at radius 1 is 1.21 bits per heavy atom. The molecule has 102 valence electrons. The standard InChI is InChI=1S/C13H18N4OS/c1-8-9(2)19-11-10(8)14-13(15-12(11)18)17-6-4-16(3)5-7-17/h4-7H2,1-3H3,(H,14,15,18). The molecule has 0 aromatic carbocycles. The van der Waals surface area contributed by atoms with Crippen LogP contribution in [-0.4, -0.2) is 48.1 Å². The van der Waals surface area contributed by atoms with E-state index in [-0.39, 0.29) is 5.56 Å². The third-order valence-electron chi connectivity index (χ3n) is 3.81. The van der Waals surface area contributed by atoms with Crippen LogP contribution in [0, 0.1) is 13.8 Å². The van der Waals surface area contributed by atoms with Gasteiger partial charge in [0.05, 0.1) is 5.52 Å². The molecule has 0 atom stereocenters. The topological polar surface area (TPSA) is 52.2 Å². The lowest BCUT2D eigenvalue weighted by atomic mass is 10.2. The maximum Gasteiger partial charge on any atom is 0.270 e. The van der Waals surface area contributed by atoms with Crippen molar-refractivity contribution in [1.29, 1.82) is 0 Å². The average Bonchev–Trinajstić information content (AvgIpc) is 2.68. The van der Waals surface area contributed by atoms with Gasteiger partial charge in [0.2, 0.25) is 5.95 Å². The second-order valence-corrected chi connectivity index (χ2v) is 6.37. The highest BCUT2D eigenvalue weighted by molar-refractivity contribution is 7.19. The lowest BCUT2D eigenvalue weighted by molar-refractivity contribution is 0.311. The number of hydrogen-bond donors (Lipinski definition) is 1. The third-order valence-corrected chi connectivity index (χ3v) is 5.00. The van der Waals surface area contributed by atoms with Gasteiger partial charge in [0.15, 0.2) is 0 Å². The summed E-state index contributed by atoms with van der Waals surface area (Å²) in [4.78, 5) is 25.4. The molecule has 19 heavy (non-hydrogen) atoms. The van der Waals surface area contributed by atoms with E-state index in [2.05, 4.69) is 26.8 Å². The molecule has 1 aliphatic heterocycles. The van der Waals surface area contributed by atoms with Crippen LogP contribution in [0.1, 0.15) is 10.4 Å².